The first kappa shape index (κ1) is 14.7. The summed E-state index contributed by atoms with van der Waals surface area (Å²) in [7, 11) is 0. The van der Waals surface area contributed by atoms with Crippen molar-refractivity contribution in [2.75, 3.05) is 6.26 Å². The average molecular weight is 311 g/mol. The first-order valence-electron chi connectivity index (χ1n) is 5.63. The zero-order chi connectivity index (χ0) is 14.7. The summed E-state index contributed by atoms with van der Waals surface area (Å²) in [5.41, 5.74) is 6.20. The van der Waals surface area contributed by atoms with Crippen LogP contribution in [0.5, 0.6) is 11.5 Å². The predicted octanol–water partition coefficient (Wildman–Crippen LogP) is 4.11. The highest BCUT2D eigenvalue weighted by Crippen LogP contribution is 2.33. The van der Waals surface area contributed by atoms with E-state index in [0.29, 0.717) is 11.3 Å². The number of thiocarbonyl (C=S) groups is 1. The molecule has 0 aromatic heterocycles. The van der Waals surface area contributed by atoms with Crippen molar-refractivity contribution in [3.05, 3.63) is 53.6 Å². The Morgan fingerprint density at radius 3 is 2.45 bits per heavy atom. The second-order valence-corrected chi connectivity index (χ2v) is 5.14. The Kier molecular flexibility index (Phi) is 4.57. The topological polar surface area (TPSA) is 35.2 Å². The van der Waals surface area contributed by atoms with Gasteiger partial charge in [0.15, 0.2) is 11.6 Å². The monoisotopic (exact) mass is 311 g/mol. The van der Waals surface area contributed by atoms with E-state index < -0.39 is 11.6 Å². The molecule has 0 atom stereocenters. The third-order valence-corrected chi connectivity index (χ3v) is 3.57. The van der Waals surface area contributed by atoms with E-state index in [1.807, 2.05) is 12.3 Å². The lowest BCUT2D eigenvalue weighted by molar-refractivity contribution is 0.415. The molecule has 0 aliphatic carbocycles. The van der Waals surface area contributed by atoms with E-state index in [0.717, 1.165) is 11.0 Å². The van der Waals surface area contributed by atoms with Crippen LogP contribution in [0.15, 0.2) is 41.3 Å². The minimum Gasteiger partial charge on any atom is -0.453 e. The van der Waals surface area contributed by atoms with Gasteiger partial charge in [-0.05, 0) is 30.5 Å². The van der Waals surface area contributed by atoms with E-state index in [1.165, 1.54) is 23.9 Å². The Morgan fingerprint density at radius 1 is 1.15 bits per heavy atom. The molecule has 0 amide bonds. The molecule has 0 saturated heterocycles. The number of thioether (sulfide) groups is 1. The molecule has 0 spiro atoms. The van der Waals surface area contributed by atoms with Crippen LogP contribution < -0.4 is 10.5 Å². The quantitative estimate of drug-likeness (QED) is 0.681. The van der Waals surface area contributed by atoms with Crippen LogP contribution in [0.4, 0.5) is 8.78 Å². The lowest BCUT2D eigenvalue weighted by Crippen LogP contribution is -2.12. The van der Waals surface area contributed by atoms with Crippen LogP contribution >= 0.6 is 24.0 Å². The van der Waals surface area contributed by atoms with Gasteiger partial charge in [-0.1, -0.05) is 24.4 Å². The molecule has 0 radical (unpaired) electrons. The molecule has 6 heteroatoms. The average Bonchev–Trinajstić information content (AvgIpc) is 2.43. The second kappa shape index (κ2) is 6.19. The number of nitrogens with two attached hydrogens (primary N) is 1. The van der Waals surface area contributed by atoms with E-state index in [1.54, 1.807) is 12.1 Å². The summed E-state index contributed by atoms with van der Waals surface area (Å²) in [6.45, 7) is 0. The van der Waals surface area contributed by atoms with Crippen molar-refractivity contribution in [1.29, 1.82) is 0 Å². The molecule has 20 heavy (non-hydrogen) atoms. The van der Waals surface area contributed by atoms with Crippen LogP contribution in [-0.4, -0.2) is 11.2 Å². The maximum Gasteiger partial charge on any atom is 0.201 e. The zero-order valence-electron chi connectivity index (χ0n) is 10.5. The molecular weight excluding hydrogens is 300 g/mol. The molecule has 0 aliphatic rings. The van der Waals surface area contributed by atoms with Crippen molar-refractivity contribution < 1.29 is 13.5 Å². The predicted molar refractivity (Wildman–Crippen MR) is 80.5 cm³/mol. The summed E-state index contributed by atoms with van der Waals surface area (Å²) >= 11 is 6.44. The summed E-state index contributed by atoms with van der Waals surface area (Å²) in [5.74, 6) is -1.93. The van der Waals surface area contributed by atoms with Crippen molar-refractivity contribution in [3.63, 3.8) is 0 Å². The van der Waals surface area contributed by atoms with Gasteiger partial charge in [0.2, 0.25) is 5.82 Å². The van der Waals surface area contributed by atoms with Gasteiger partial charge in [-0.3, -0.25) is 0 Å². The maximum atomic E-state index is 13.6. The lowest BCUT2D eigenvalue weighted by atomic mass is 10.2. The standard InChI is InChI=1S/C14H11F2NOS2/c1-20-11-7-3-5-9(12(11)14(17)19)18-10-6-2-4-8(15)13(10)16/h2-7H,1H3,(H2,17,19). The molecule has 2 rings (SSSR count). The van der Waals surface area contributed by atoms with Crippen LogP contribution in [0.2, 0.25) is 0 Å². The Balaban J connectivity index is 2.48. The van der Waals surface area contributed by atoms with E-state index in [4.69, 9.17) is 22.7 Å². The lowest BCUT2D eigenvalue weighted by Gasteiger charge is -2.13. The van der Waals surface area contributed by atoms with Crippen LogP contribution in [-0.2, 0) is 0 Å². The smallest absolute Gasteiger partial charge is 0.201 e. The van der Waals surface area contributed by atoms with Gasteiger partial charge in [0, 0.05) is 4.90 Å². The highest BCUT2D eigenvalue weighted by atomic mass is 32.2. The molecule has 2 aromatic rings. The number of ether oxygens (including phenoxy) is 1. The molecular formula is C14H11F2NOS2. The minimum atomic E-state index is -1.05. The molecule has 2 aromatic carbocycles. The summed E-state index contributed by atoms with van der Waals surface area (Å²) in [6.07, 6.45) is 1.86. The Morgan fingerprint density at radius 2 is 1.80 bits per heavy atom. The molecule has 0 bridgehead atoms. The highest BCUT2D eigenvalue weighted by molar-refractivity contribution is 7.98. The van der Waals surface area contributed by atoms with Gasteiger partial charge in [-0.2, -0.15) is 4.39 Å². The van der Waals surface area contributed by atoms with Gasteiger partial charge in [0.1, 0.15) is 10.7 Å². The van der Waals surface area contributed by atoms with Crippen molar-refractivity contribution in [2.24, 2.45) is 5.73 Å². The first-order chi connectivity index (χ1) is 9.54. The van der Waals surface area contributed by atoms with Gasteiger partial charge in [-0.15, -0.1) is 11.8 Å². The summed E-state index contributed by atoms with van der Waals surface area (Å²) in [6, 6.07) is 8.90. The summed E-state index contributed by atoms with van der Waals surface area (Å²) in [5, 5.41) is 0. The molecule has 0 aliphatic heterocycles. The Labute approximate surface area is 124 Å². The van der Waals surface area contributed by atoms with Gasteiger partial charge >= 0.3 is 0 Å². The van der Waals surface area contributed by atoms with Gasteiger partial charge in [0.05, 0.1) is 5.56 Å². The van der Waals surface area contributed by atoms with E-state index in [-0.39, 0.29) is 10.7 Å². The molecule has 2 nitrogen and oxygen atoms in total. The molecule has 104 valence electrons. The normalized spacial score (nSPS) is 10.3. The third kappa shape index (κ3) is 2.91. The number of hydrogen-bond donors (Lipinski definition) is 1. The van der Waals surface area contributed by atoms with Crippen LogP contribution in [0, 0.1) is 11.6 Å². The molecule has 0 fully saturated rings. The van der Waals surface area contributed by atoms with Gasteiger partial charge in [0.25, 0.3) is 0 Å². The molecule has 0 unspecified atom stereocenters. The fourth-order valence-corrected chi connectivity index (χ4v) is 2.59. The van der Waals surface area contributed by atoms with Gasteiger partial charge in [-0.25, -0.2) is 4.39 Å². The maximum absolute atomic E-state index is 13.6. The van der Waals surface area contributed by atoms with Crippen LogP contribution in [0.25, 0.3) is 0 Å². The zero-order valence-corrected chi connectivity index (χ0v) is 12.2. The van der Waals surface area contributed by atoms with E-state index in [2.05, 4.69) is 0 Å². The van der Waals surface area contributed by atoms with Gasteiger partial charge < -0.3 is 10.5 Å². The summed E-state index contributed by atoms with van der Waals surface area (Å²) < 4.78 is 32.2. The fourth-order valence-electron chi connectivity index (χ4n) is 1.69. The fraction of sp³-hybridized carbons (Fsp3) is 0.0714. The van der Waals surface area contributed by atoms with Crippen molar-refractivity contribution >= 4 is 29.0 Å². The summed E-state index contributed by atoms with van der Waals surface area (Å²) in [4.78, 5) is 0.952. The SMILES string of the molecule is CSc1cccc(Oc2cccc(F)c2F)c1C(N)=S. The number of hydrogen-bond acceptors (Lipinski definition) is 3. The Hall–Kier alpha value is -1.66. The number of benzene rings is 2. The van der Waals surface area contributed by atoms with Crippen molar-refractivity contribution in [3.8, 4) is 11.5 Å². The van der Waals surface area contributed by atoms with Crippen molar-refractivity contribution in [1.82, 2.24) is 0 Å². The number of rotatable bonds is 4. The van der Waals surface area contributed by atoms with Crippen LogP contribution in [0.3, 0.4) is 0 Å². The Bertz CT molecular complexity index is 662. The molecule has 0 heterocycles. The molecule has 0 saturated carbocycles. The highest BCUT2D eigenvalue weighted by Gasteiger charge is 2.15. The largest absolute Gasteiger partial charge is 0.453 e. The second-order valence-electron chi connectivity index (χ2n) is 3.85. The minimum absolute atomic E-state index is 0.141. The van der Waals surface area contributed by atoms with Crippen LogP contribution in [0.1, 0.15) is 5.56 Å². The van der Waals surface area contributed by atoms with E-state index >= 15 is 0 Å². The molecule has 2 N–H and O–H groups in total. The number of halogens is 2. The van der Waals surface area contributed by atoms with E-state index in [9.17, 15) is 8.78 Å². The third-order valence-electron chi connectivity index (χ3n) is 2.59. The first-order valence-corrected chi connectivity index (χ1v) is 7.26. The van der Waals surface area contributed by atoms with Crippen molar-refractivity contribution in [2.45, 2.75) is 4.90 Å².